The molecule has 2 fully saturated rings. The Morgan fingerprint density at radius 3 is 2.36 bits per heavy atom. The van der Waals surface area contributed by atoms with Crippen molar-refractivity contribution in [2.75, 3.05) is 31.1 Å². The van der Waals surface area contributed by atoms with Crippen LogP contribution in [0, 0.1) is 25.7 Å². The number of rotatable bonds is 9. The first-order chi connectivity index (χ1) is 16.0. The van der Waals surface area contributed by atoms with Crippen molar-refractivity contribution in [3.05, 3.63) is 46.2 Å². The lowest BCUT2D eigenvalue weighted by molar-refractivity contribution is 0.0938. The highest BCUT2D eigenvalue weighted by molar-refractivity contribution is 6.30. The molecule has 6 nitrogen and oxygen atoms in total. The molecule has 1 aliphatic carbocycles. The molecule has 0 bridgehead atoms. The normalized spacial score (nSPS) is 17.0. The Balaban J connectivity index is 1.18. The van der Waals surface area contributed by atoms with Gasteiger partial charge >= 0.3 is 0 Å². The number of carbonyl (C=O) groups excluding carboxylic acids is 1. The van der Waals surface area contributed by atoms with Crippen molar-refractivity contribution in [3.63, 3.8) is 0 Å². The zero-order valence-corrected chi connectivity index (χ0v) is 20.5. The van der Waals surface area contributed by atoms with E-state index in [-0.39, 0.29) is 5.91 Å². The molecular formula is C26H35ClN4O2. The van der Waals surface area contributed by atoms with E-state index in [0.717, 1.165) is 73.7 Å². The average Bonchev–Trinajstić information content (AvgIpc) is 2.76. The molecule has 0 spiro atoms. The number of amides is 1. The lowest BCUT2D eigenvalue weighted by Gasteiger charge is -2.32. The molecule has 1 aromatic carbocycles. The summed E-state index contributed by atoms with van der Waals surface area (Å²) < 4.78 is 6.05. The highest BCUT2D eigenvalue weighted by Gasteiger charge is 2.21. The monoisotopic (exact) mass is 470 g/mol. The molecular weight excluding hydrogens is 436 g/mol. The van der Waals surface area contributed by atoms with Crippen molar-refractivity contribution < 1.29 is 9.53 Å². The number of hydrogen-bond acceptors (Lipinski definition) is 5. The molecule has 0 atom stereocenters. The lowest BCUT2D eigenvalue weighted by Crippen LogP contribution is -2.34. The van der Waals surface area contributed by atoms with Crippen molar-refractivity contribution in [2.45, 2.75) is 58.8 Å². The van der Waals surface area contributed by atoms with Gasteiger partial charge in [0.1, 0.15) is 5.75 Å². The van der Waals surface area contributed by atoms with Gasteiger partial charge in [-0.1, -0.05) is 18.0 Å². The van der Waals surface area contributed by atoms with Gasteiger partial charge in [0.05, 0.1) is 24.0 Å². The Morgan fingerprint density at radius 2 is 1.76 bits per heavy atom. The minimum absolute atomic E-state index is 0.0405. The molecule has 1 aromatic heterocycles. The van der Waals surface area contributed by atoms with Crippen molar-refractivity contribution >= 4 is 23.5 Å². The van der Waals surface area contributed by atoms with Gasteiger partial charge < -0.3 is 15.0 Å². The molecule has 178 valence electrons. The maximum absolute atomic E-state index is 12.6. The number of nitrogens with one attached hydrogen (secondary N) is 1. The number of carbonyl (C=O) groups is 1. The van der Waals surface area contributed by atoms with Crippen LogP contribution in [0.4, 0.5) is 5.95 Å². The first-order valence-electron chi connectivity index (χ1n) is 12.2. The minimum atomic E-state index is 0.0405. The van der Waals surface area contributed by atoms with E-state index in [1.807, 2.05) is 26.0 Å². The van der Waals surface area contributed by atoms with Gasteiger partial charge in [0.15, 0.2) is 0 Å². The Bertz CT molecular complexity index is 915. The van der Waals surface area contributed by atoms with E-state index in [0.29, 0.717) is 23.5 Å². The molecule has 2 heterocycles. The van der Waals surface area contributed by atoms with Gasteiger partial charge in [0.2, 0.25) is 5.95 Å². The van der Waals surface area contributed by atoms with Gasteiger partial charge in [-0.25, -0.2) is 9.97 Å². The van der Waals surface area contributed by atoms with Crippen LogP contribution in [0.15, 0.2) is 24.5 Å². The number of ether oxygens (including phenoxy) is 1. The summed E-state index contributed by atoms with van der Waals surface area (Å²) in [7, 11) is 0. The topological polar surface area (TPSA) is 67.3 Å². The minimum Gasteiger partial charge on any atom is -0.494 e. The third-order valence-corrected chi connectivity index (χ3v) is 7.23. The lowest BCUT2D eigenvalue weighted by atomic mass is 9.85. The summed E-state index contributed by atoms with van der Waals surface area (Å²) in [5.74, 6) is 3.04. The fraction of sp³-hybridized carbons (Fsp3) is 0.577. The molecule has 2 aliphatic rings. The zero-order chi connectivity index (χ0) is 23.2. The number of piperidine rings is 1. The van der Waals surface area contributed by atoms with Crippen LogP contribution in [0.3, 0.4) is 0 Å². The first kappa shape index (κ1) is 23.8. The molecule has 1 aliphatic heterocycles. The van der Waals surface area contributed by atoms with E-state index < -0.39 is 0 Å². The van der Waals surface area contributed by atoms with Crippen molar-refractivity contribution in [2.24, 2.45) is 11.8 Å². The fourth-order valence-corrected chi connectivity index (χ4v) is 4.94. The SMILES string of the molecule is Cc1cc(OCCCC2CCN(c3ncc(Cl)cn3)CC2)cc(C)c1C(=O)NCC1CCC1. The Hall–Kier alpha value is -2.34. The molecule has 1 N–H and O–H groups in total. The second-order valence-electron chi connectivity index (χ2n) is 9.56. The number of benzene rings is 1. The summed E-state index contributed by atoms with van der Waals surface area (Å²) in [6.45, 7) is 7.45. The van der Waals surface area contributed by atoms with E-state index in [2.05, 4.69) is 20.2 Å². The third-order valence-electron chi connectivity index (χ3n) is 7.04. The summed E-state index contributed by atoms with van der Waals surface area (Å²) in [5, 5.41) is 3.68. The van der Waals surface area contributed by atoms with Crippen LogP contribution in [-0.2, 0) is 0 Å². The number of nitrogens with zero attached hydrogens (tertiary/aromatic N) is 3. The van der Waals surface area contributed by atoms with Crippen LogP contribution in [-0.4, -0.2) is 42.1 Å². The molecule has 7 heteroatoms. The molecule has 0 unspecified atom stereocenters. The van der Waals surface area contributed by atoms with Gasteiger partial charge in [0, 0.05) is 25.2 Å². The molecule has 1 saturated carbocycles. The smallest absolute Gasteiger partial charge is 0.251 e. The van der Waals surface area contributed by atoms with Gasteiger partial charge in [-0.15, -0.1) is 0 Å². The van der Waals surface area contributed by atoms with Crippen LogP contribution in [0.2, 0.25) is 5.02 Å². The van der Waals surface area contributed by atoms with Crippen molar-refractivity contribution in [1.29, 1.82) is 0 Å². The second kappa shape index (κ2) is 11.2. The first-order valence-corrected chi connectivity index (χ1v) is 12.6. The molecule has 4 rings (SSSR count). The second-order valence-corrected chi connectivity index (χ2v) is 10.00. The Labute approximate surface area is 202 Å². The zero-order valence-electron chi connectivity index (χ0n) is 19.8. The van der Waals surface area contributed by atoms with Crippen LogP contribution < -0.4 is 15.0 Å². The molecule has 1 saturated heterocycles. The van der Waals surface area contributed by atoms with E-state index in [9.17, 15) is 4.79 Å². The van der Waals surface area contributed by atoms with E-state index >= 15 is 0 Å². The van der Waals surface area contributed by atoms with E-state index in [1.165, 1.54) is 19.3 Å². The van der Waals surface area contributed by atoms with E-state index in [4.69, 9.17) is 16.3 Å². The van der Waals surface area contributed by atoms with Crippen molar-refractivity contribution in [1.82, 2.24) is 15.3 Å². The standard InChI is InChI=1S/C26H35ClN4O2/c1-18-13-23(14-19(2)24(18)25(32)28-15-21-5-3-6-21)33-12-4-7-20-8-10-31(11-9-20)26-29-16-22(27)17-30-26/h13-14,16-17,20-21H,3-12,15H2,1-2H3,(H,28,32). The van der Waals surface area contributed by atoms with E-state index in [1.54, 1.807) is 12.4 Å². The largest absolute Gasteiger partial charge is 0.494 e. The summed E-state index contributed by atoms with van der Waals surface area (Å²) in [6, 6.07) is 3.99. The summed E-state index contributed by atoms with van der Waals surface area (Å²) in [5.41, 5.74) is 2.75. The highest BCUT2D eigenvalue weighted by Crippen LogP contribution is 2.27. The number of halogens is 1. The number of aryl methyl sites for hydroxylation is 2. The van der Waals surface area contributed by atoms with Crippen molar-refractivity contribution in [3.8, 4) is 5.75 Å². The molecule has 33 heavy (non-hydrogen) atoms. The Kier molecular flexibility index (Phi) is 8.07. The third kappa shape index (κ3) is 6.38. The fourth-order valence-electron chi connectivity index (χ4n) is 4.84. The van der Waals surface area contributed by atoms with Crippen LogP contribution in [0.5, 0.6) is 5.75 Å². The highest BCUT2D eigenvalue weighted by atomic mass is 35.5. The van der Waals surface area contributed by atoms with Gasteiger partial charge in [-0.2, -0.15) is 0 Å². The Morgan fingerprint density at radius 1 is 1.09 bits per heavy atom. The number of anilines is 1. The predicted octanol–water partition coefficient (Wildman–Crippen LogP) is 5.35. The molecule has 1 amide bonds. The maximum atomic E-state index is 12.6. The van der Waals surface area contributed by atoms with Gasteiger partial charge in [-0.3, -0.25) is 4.79 Å². The predicted molar refractivity (Wildman–Crippen MR) is 132 cm³/mol. The maximum Gasteiger partial charge on any atom is 0.251 e. The van der Waals surface area contributed by atoms with Crippen LogP contribution >= 0.6 is 11.6 Å². The number of aromatic nitrogens is 2. The van der Waals surface area contributed by atoms with Gasteiger partial charge in [0.25, 0.3) is 5.91 Å². The van der Waals surface area contributed by atoms with Crippen LogP contribution in [0.25, 0.3) is 0 Å². The summed E-state index contributed by atoms with van der Waals surface area (Å²) >= 11 is 5.88. The summed E-state index contributed by atoms with van der Waals surface area (Å²) in [4.78, 5) is 23.5. The number of hydrogen-bond donors (Lipinski definition) is 1. The average molecular weight is 471 g/mol. The van der Waals surface area contributed by atoms with Crippen LogP contribution in [0.1, 0.15) is 66.4 Å². The molecule has 0 radical (unpaired) electrons. The van der Waals surface area contributed by atoms with Gasteiger partial charge in [-0.05, 0) is 87.5 Å². The summed E-state index contributed by atoms with van der Waals surface area (Å²) in [6.07, 6.45) is 11.6. The molecule has 2 aromatic rings. The quantitative estimate of drug-likeness (QED) is 0.500.